The van der Waals surface area contributed by atoms with E-state index in [9.17, 15) is 4.79 Å². The fraction of sp³-hybridized carbons (Fsp3) is 0.0909. The van der Waals surface area contributed by atoms with Crippen LogP contribution >= 0.6 is 0 Å². The molecule has 4 aromatic rings. The van der Waals surface area contributed by atoms with Gasteiger partial charge in [-0.2, -0.15) is 5.10 Å². The van der Waals surface area contributed by atoms with E-state index < -0.39 is 0 Å². The van der Waals surface area contributed by atoms with Crippen molar-refractivity contribution in [2.75, 3.05) is 0 Å². The van der Waals surface area contributed by atoms with Crippen LogP contribution in [0, 0.1) is 6.92 Å². The maximum absolute atomic E-state index is 12.2. The van der Waals surface area contributed by atoms with Gasteiger partial charge in [0.25, 0.3) is 5.56 Å². The molecule has 122 valence electrons. The second-order valence-corrected chi connectivity index (χ2v) is 6.27. The van der Waals surface area contributed by atoms with E-state index in [0.717, 1.165) is 16.8 Å². The van der Waals surface area contributed by atoms with E-state index >= 15 is 0 Å². The van der Waals surface area contributed by atoms with E-state index in [1.165, 1.54) is 21.0 Å². The van der Waals surface area contributed by atoms with Gasteiger partial charge < -0.3 is 0 Å². The normalized spacial score (nSPS) is 10.9. The number of nitrogens with zero attached hydrogens (tertiary/aromatic N) is 2. The van der Waals surface area contributed by atoms with Crippen molar-refractivity contribution in [3.05, 3.63) is 100 Å². The third-order valence-corrected chi connectivity index (χ3v) is 4.33. The highest BCUT2D eigenvalue weighted by molar-refractivity contribution is 5.86. The second kappa shape index (κ2) is 6.36. The number of hydrogen-bond acceptors (Lipinski definition) is 2. The SMILES string of the molecule is Cc1cccc(Cn2nc(-c3ccc4ccccc4c3)ccc2=O)c1. The summed E-state index contributed by atoms with van der Waals surface area (Å²) in [5.41, 5.74) is 3.97. The fourth-order valence-electron chi connectivity index (χ4n) is 3.05. The van der Waals surface area contributed by atoms with Gasteiger partial charge in [0.15, 0.2) is 0 Å². The van der Waals surface area contributed by atoms with Crippen LogP contribution in [-0.4, -0.2) is 9.78 Å². The molecule has 0 spiro atoms. The van der Waals surface area contributed by atoms with Gasteiger partial charge in [0.2, 0.25) is 0 Å². The Kier molecular flexibility index (Phi) is 3.90. The summed E-state index contributed by atoms with van der Waals surface area (Å²) in [7, 11) is 0. The van der Waals surface area contributed by atoms with E-state index in [1.54, 1.807) is 12.1 Å². The van der Waals surface area contributed by atoms with Crippen molar-refractivity contribution in [1.29, 1.82) is 0 Å². The summed E-state index contributed by atoms with van der Waals surface area (Å²) in [6.45, 7) is 2.52. The molecule has 3 aromatic carbocycles. The highest BCUT2D eigenvalue weighted by atomic mass is 16.1. The van der Waals surface area contributed by atoms with E-state index in [1.807, 2.05) is 43.3 Å². The van der Waals surface area contributed by atoms with Crippen molar-refractivity contribution < 1.29 is 0 Å². The first-order valence-electron chi connectivity index (χ1n) is 8.32. The molecule has 0 amide bonds. The molecule has 3 nitrogen and oxygen atoms in total. The predicted molar refractivity (Wildman–Crippen MR) is 102 cm³/mol. The molecule has 0 atom stereocenters. The fourth-order valence-corrected chi connectivity index (χ4v) is 3.05. The van der Waals surface area contributed by atoms with Crippen molar-refractivity contribution in [2.45, 2.75) is 13.5 Å². The first kappa shape index (κ1) is 15.3. The van der Waals surface area contributed by atoms with Gasteiger partial charge in [0.05, 0.1) is 12.2 Å². The number of aryl methyl sites for hydroxylation is 1. The van der Waals surface area contributed by atoms with E-state index in [2.05, 4.69) is 35.4 Å². The molecular weight excluding hydrogens is 308 g/mol. The van der Waals surface area contributed by atoms with Crippen molar-refractivity contribution >= 4 is 10.8 Å². The largest absolute Gasteiger partial charge is 0.268 e. The standard InChI is InChI=1S/C22H18N2O/c1-16-5-4-6-17(13-16)15-24-22(25)12-11-21(23-24)20-10-9-18-7-2-3-8-19(18)14-20/h2-14H,15H2,1H3. The van der Waals surface area contributed by atoms with Crippen LogP contribution < -0.4 is 5.56 Å². The van der Waals surface area contributed by atoms with Crippen LogP contribution in [0.1, 0.15) is 11.1 Å². The summed E-state index contributed by atoms with van der Waals surface area (Å²) >= 11 is 0. The molecule has 0 aliphatic carbocycles. The molecule has 0 fully saturated rings. The Balaban J connectivity index is 1.74. The maximum Gasteiger partial charge on any atom is 0.267 e. The van der Waals surface area contributed by atoms with E-state index in [0.29, 0.717) is 6.54 Å². The number of benzene rings is 3. The minimum absolute atomic E-state index is 0.0916. The lowest BCUT2D eigenvalue weighted by molar-refractivity contribution is 0.642. The molecule has 4 rings (SSSR count). The zero-order valence-electron chi connectivity index (χ0n) is 14.0. The molecule has 1 aromatic heterocycles. The van der Waals surface area contributed by atoms with Crippen LogP contribution in [0.15, 0.2) is 83.7 Å². The average Bonchev–Trinajstić information content (AvgIpc) is 2.63. The summed E-state index contributed by atoms with van der Waals surface area (Å²) < 4.78 is 1.53. The molecule has 0 bridgehead atoms. The topological polar surface area (TPSA) is 34.9 Å². The minimum Gasteiger partial charge on any atom is -0.268 e. The number of hydrogen-bond donors (Lipinski definition) is 0. The second-order valence-electron chi connectivity index (χ2n) is 6.27. The van der Waals surface area contributed by atoms with Crippen LogP contribution in [0.2, 0.25) is 0 Å². The summed E-state index contributed by atoms with van der Waals surface area (Å²) in [6.07, 6.45) is 0. The Morgan fingerprint density at radius 3 is 2.52 bits per heavy atom. The quantitative estimate of drug-likeness (QED) is 0.558. The van der Waals surface area contributed by atoms with Gasteiger partial charge in [-0.05, 0) is 35.4 Å². The van der Waals surface area contributed by atoms with Gasteiger partial charge >= 0.3 is 0 Å². The van der Waals surface area contributed by atoms with E-state index in [-0.39, 0.29) is 5.56 Å². The van der Waals surface area contributed by atoms with Gasteiger partial charge in [-0.25, -0.2) is 4.68 Å². The van der Waals surface area contributed by atoms with Crippen molar-refractivity contribution in [1.82, 2.24) is 9.78 Å². The van der Waals surface area contributed by atoms with Gasteiger partial charge in [0.1, 0.15) is 0 Å². The molecule has 25 heavy (non-hydrogen) atoms. The molecule has 0 saturated carbocycles. The summed E-state index contributed by atoms with van der Waals surface area (Å²) in [5, 5.41) is 6.94. The van der Waals surface area contributed by atoms with Crippen molar-refractivity contribution in [3.63, 3.8) is 0 Å². The van der Waals surface area contributed by atoms with Crippen molar-refractivity contribution in [3.8, 4) is 11.3 Å². The molecular formula is C22H18N2O. The minimum atomic E-state index is -0.0916. The molecule has 0 aliphatic rings. The Morgan fingerprint density at radius 1 is 0.840 bits per heavy atom. The molecule has 0 saturated heterocycles. The predicted octanol–water partition coefficient (Wildman–Crippen LogP) is 4.42. The number of aromatic nitrogens is 2. The molecule has 3 heteroatoms. The van der Waals surface area contributed by atoms with Crippen molar-refractivity contribution in [2.24, 2.45) is 0 Å². The molecule has 0 N–H and O–H groups in total. The maximum atomic E-state index is 12.2. The molecule has 0 radical (unpaired) electrons. The van der Waals surface area contributed by atoms with E-state index in [4.69, 9.17) is 0 Å². The zero-order chi connectivity index (χ0) is 17.2. The smallest absolute Gasteiger partial charge is 0.267 e. The Bertz CT molecular complexity index is 1110. The summed E-state index contributed by atoms with van der Waals surface area (Å²) in [5.74, 6) is 0. The van der Waals surface area contributed by atoms with Crippen LogP contribution in [0.4, 0.5) is 0 Å². The lowest BCUT2D eigenvalue weighted by Gasteiger charge is -2.09. The lowest BCUT2D eigenvalue weighted by atomic mass is 10.1. The summed E-state index contributed by atoms with van der Waals surface area (Å²) in [4.78, 5) is 12.2. The highest BCUT2D eigenvalue weighted by Gasteiger charge is 2.05. The lowest BCUT2D eigenvalue weighted by Crippen LogP contribution is -2.22. The average molecular weight is 326 g/mol. The molecule has 1 heterocycles. The third-order valence-electron chi connectivity index (χ3n) is 4.33. The van der Waals surface area contributed by atoms with Gasteiger partial charge in [-0.1, -0.05) is 66.2 Å². The number of fused-ring (bicyclic) bond motifs is 1. The monoisotopic (exact) mass is 326 g/mol. The first-order valence-corrected chi connectivity index (χ1v) is 8.32. The Labute approximate surface area is 146 Å². The Morgan fingerprint density at radius 2 is 1.68 bits per heavy atom. The Hall–Kier alpha value is -3.20. The van der Waals surface area contributed by atoms with Crippen LogP contribution in [0.5, 0.6) is 0 Å². The highest BCUT2D eigenvalue weighted by Crippen LogP contribution is 2.22. The number of rotatable bonds is 3. The zero-order valence-corrected chi connectivity index (χ0v) is 14.0. The first-order chi connectivity index (χ1) is 12.2. The van der Waals surface area contributed by atoms with Gasteiger partial charge in [-0.15, -0.1) is 0 Å². The molecule has 0 unspecified atom stereocenters. The van der Waals surface area contributed by atoms with Crippen LogP contribution in [0.3, 0.4) is 0 Å². The van der Waals surface area contributed by atoms with Crippen LogP contribution in [-0.2, 0) is 6.54 Å². The summed E-state index contributed by atoms with van der Waals surface area (Å²) in [6, 6.07) is 26.0. The molecule has 0 aliphatic heterocycles. The van der Waals surface area contributed by atoms with Crippen LogP contribution in [0.25, 0.3) is 22.0 Å². The van der Waals surface area contributed by atoms with Gasteiger partial charge in [-0.3, -0.25) is 4.79 Å². The van der Waals surface area contributed by atoms with Gasteiger partial charge in [0, 0.05) is 11.6 Å². The third kappa shape index (κ3) is 3.22.